The summed E-state index contributed by atoms with van der Waals surface area (Å²) >= 11 is 1.45. The maximum atomic E-state index is 13.0. The van der Waals surface area contributed by atoms with Crippen molar-refractivity contribution in [2.75, 3.05) is 11.4 Å². The number of nitrogens with zero attached hydrogens (tertiary/aromatic N) is 2. The Balaban J connectivity index is 1.74. The van der Waals surface area contributed by atoms with Crippen molar-refractivity contribution in [1.82, 2.24) is 0 Å². The molecule has 0 radical (unpaired) electrons. The van der Waals surface area contributed by atoms with Gasteiger partial charge in [0.2, 0.25) is 0 Å². The molecule has 3 rings (SSSR count). The zero-order valence-electron chi connectivity index (χ0n) is 16.6. The van der Waals surface area contributed by atoms with Gasteiger partial charge in [0, 0.05) is 18.7 Å². The van der Waals surface area contributed by atoms with E-state index in [9.17, 15) is 14.4 Å². The maximum absolute atomic E-state index is 13.0. The molecular formula is C21H24N4O4S. The van der Waals surface area contributed by atoms with Crippen molar-refractivity contribution < 1.29 is 19.1 Å². The molecular weight excluding hydrogens is 404 g/mol. The van der Waals surface area contributed by atoms with Crippen LogP contribution in [0.4, 0.5) is 5.69 Å². The first-order valence-corrected chi connectivity index (χ1v) is 10.5. The van der Waals surface area contributed by atoms with Crippen LogP contribution in [-0.4, -0.2) is 42.1 Å². The molecule has 2 atom stereocenters. The van der Waals surface area contributed by atoms with Gasteiger partial charge >= 0.3 is 5.97 Å². The molecule has 2 unspecified atom stereocenters. The lowest BCUT2D eigenvalue weighted by Gasteiger charge is -2.34. The Kier molecular flexibility index (Phi) is 6.63. The standard InChI is InChI=1S/C21H24N4O4S/c1-14(26)21(22,11-16-8-10-30-13-16)20(28)29-18-3-2-9-25(19(18)27)17-6-4-15(5-7-17)12-24-23/h4-8,10,12-13,18H,2-3,9,11,22-23H2,1H3. The predicted molar refractivity (Wildman–Crippen MR) is 115 cm³/mol. The van der Waals surface area contributed by atoms with E-state index in [1.165, 1.54) is 24.5 Å². The Bertz CT molecular complexity index is 942. The van der Waals surface area contributed by atoms with Gasteiger partial charge in [-0.3, -0.25) is 9.59 Å². The van der Waals surface area contributed by atoms with Crippen LogP contribution in [0.3, 0.4) is 0 Å². The number of hydrogen-bond acceptors (Lipinski definition) is 8. The van der Waals surface area contributed by atoms with E-state index in [4.69, 9.17) is 16.3 Å². The topological polar surface area (TPSA) is 128 Å². The highest BCUT2D eigenvalue weighted by Crippen LogP contribution is 2.25. The SMILES string of the molecule is CC(=O)C(N)(Cc1ccsc1)C(=O)OC1CCCN(c2ccc(C=NN)cc2)C1=O. The van der Waals surface area contributed by atoms with Crippen LogP contribution in [0.2, 0.25) is 0 Å². The smallest absolute Gasteiger partial charge is 0.335 e. The van der Waals surface area contributed by atoms with E-state index < -0.39 is 23.4 Å². The average molecular weight is 429 g/mol. The Hall–Kier alpha value is -3.04. The molecule has 1 aromatic heterocycles. The molecule has 1 aromatic carbocycles. The summed E-state index contributed by atoms with van der Waals surface area (Å²) in [6.45, 7) is 1.77. The van der Waals surface area contributed by atoms with Gasteiger partial charge in [0.25, 0.3) is 5.91 Å². The molecule has 1 aliphatic heterocycles. The molecule has 1 aliphatic rings. The first-order chi connectivity index (χ1) is 14.3. The summed E-state index contributed by atoms with van der Waals surface area (Å²) in [5, 5.41) is 7.14. The molecule has 1 fully saturated rings. The van der Waals surface area contributed by atoms with Gasteiger partial charge in [-0.2, -0.15) is 16.4 Å². The van der Waals surface area contributed by atoms with Crippen LogP contribution in [0.5, 0.6) is 0 Å². The number of hydrogen-bond donors (Lipinski definition) is 2. The number of amides is 1. The van der Waals surface area contributed by atoms with Crippen molar-refractivity contribution in [3.8, 4) is 0 Å². The monoisotopic (exact) mass is 428 g/mol. The number of carbonyl (C=O) groups is 3. The molecule has 0 spiro atoms. The van der Waals surface area contributed by atoms with Crippen molar-refractivity contribution in [3.05, 3.63) is 52.2 Å². The molecule has 0 saturated carbocycles. The molecule has 0 aliphatic carbocycles. The van der Waals surface area contributed by atoms with Crippen LogP contribution in [0.15, 0.2) is 46.2 Å². The number of esters is 1. The largest absolute Gasteiger partial charge is 0.451 e. The molecule has 4 N–H and O–H groups in total. The lowest BCUT2D eigenvalue weighted by Crippen LogP contribution is -2.58. The third-order valence-corrected chi connectivity index (χ3v) is 5.85. The van der Waals surface area contributed by atoms with E-state index in [0.717, 1.165) is 11.1 Å². The zero-order chi connectivity index (χ0) is 21.7. The molecule has 9 heteroatoms. The lowest BCUT2D eigenvalue weighted by molar-refractivity contribution is -0.163. The van der Waals surface area contributed by atoms with E-state index in [2.05, 4.69) is 5.10 Å². The molecule has 1 saturated heterocycles. The van der Waals surface area contributed by atoms with E-state index in [-0.39, 0.29) is 12.3 Å². The Labute approximate surface area is 178 Å². The fraction of sp³-hybridized carbons (Fsp3) is 0.333. The minimum absolute atomic E-state index is 0.0272. The summed E-state index contributed by atoms with van der Waals surface area (Å²) in [7, 11) is 0. The highest BCUT2D eigenvalue weighted by atomic mass is 32.1. The number of rotatable bonds is 7. The van der Waals surface area contributed by atoms with Gasteiger partial charge in [-0.1, -0.05) is 12.1 Å². The van der Waals surface area contributed by atoms with Gasteiger partial charge in [-0.05, 0) is 59.9 Å². The number of ketones is 1. The summed E-state index contributed by atoms with van der Waals surface area (Å²) in [6, 6.07) is 8.93. The van der Waals surface area contributed by atoms with E-state index >= 15 is 0 Å². The van der Waals surface area contributed by atoms with Gasteiger partial charge < -0.3 is 21.2 Å². The van der Waals surface area contributed by atoms with Crippen molar-refractivity contribution >= 4 is 40.9 Å². The number of thiophene rings is 1. The Morgan fingerprint density at radius 1 is 1.33 bits per heavy atom. The van der Waals surface area contributed by atoms with E-state index in [1.54, 1.807) is 35.2 Å². The second-order valence-electron chi connectivity index (χ2n) is 7.23. The third kappa shape index (κ3) is 4.58. The molecule has 30 heavy (non-hydrogen) atoms. The fourth-order valence-corrected chi connectivity index (χ4v) is 3.99. The molecule has 8 nitrogen and oxygen atoms in total. The highest BCUT2D eigenvalue weighted by molar-refractivity contribution is 7.07. The summed E-state index contributed by atoms with van der Waals surface area (Å²) in [6.07, 6.45) is 1.58. The summed E-state index contributed by atoms with van der Waals surface area (Å²) in [5.74, 6) is 3.43. The van der Waals surface area contributed by atoms with Crippen molar-refractivity contribution in [1.29, 1.82) is 0 Å². The normalized spacial score (nSPS) is 18.9. The second kappa shape index (κ2) is 9.19. The Morgan fingerprint density at radius 2 is 2.07 bits per heavy atom. The van der Waals surface area contributed by atoms with Crippen LogP contribution < -0.4 is 16.5 Å². The number of ether oxygens (including phenoxy) is 1. The third-order valence-electron chi connectivity index (χ3n) is 5.12. The highest BCUT2D eigenvalue weighted by Gasteiger charge is 2.44. The summed E-state index contributed by atoms with van der Waals surface area (Å²) in [4.78, 5) is 39.6. The van der Waals surface area contributed by atoms with Crippen molar-refractivity contribution in [2.24, 2.45) is 16.7 Å². The van der Waals surface area contributed by atoms with E-state index in [1.807, 2.05) is 10.8 Å². The van der Waals surface area contributed by atoms with Crippen LogP contribution in [0, 0.1) is 0 Å². The number of Topliss-reactive ketones (excluding diaryl/α,β-unsaturated/α-hetero) is 1. The molecule has 1 amide bonds. The minimum Gasteiger partial charge on any atom is -0.451 e. The van der Waals surface area contributed by atoms with Gasteiger partial charge in [0.15, 0.2) is 17.4 Å². The lowest BCUT2D eigenvalue weighted by atomic mass is 9.89. The number of nitrogens with two attached hydrogens (primary N) is 2. The minimum atomic E-state index is -1.83. The van der Waals surface area contributed by atoms with Gasteiger partial charge in [0.05, 0.1) is 6.21 Å². The van der Waals surface area contributed by atoms with Crippen LogP contribution in [0.1, 0.15) is 30.9 Å². The molecule has 2 aromatic rings. The van der Waals surface area contributed by atoms with Crippen molar-refractivity contribution in [2.45, 2.75) is 37.8 Å². The first-order valence-electron chi connectivity index (χ1n) is 9.52. The summed E-state index contributed by atoms with van der Waals surface area (Å²) < 4.78 is 5.48. The van der Waals surface area contributed by atoms with Gasteiger partial charge in [-0.15, -0.1) is 0 Å². The second-order valence-corrected chi connectivity index (χ2v) is 8.01. The fourth-order valence-electron chi connectivity index (χ4n) is 3.32. The number of hydrazone groups is 1. The number of benzene rings is 1. The number of piperidine rings is 1. The molecule has 0 bridgehead atoms. The summed E-state index contributed by atoms with van der Waals surface area (Å²) in [5.41, 5.74) is 6.59. The van der Waals surface area contributed by atoms with Crippen LogP contribution >= 0.6 is 11.3 Å². The average Bonchev–Trinajstić information content (AvgIpc) is 3.23. The van der Waals surface area contributed by atoms with Crippen LogP contribution in [0.25, 0.3) is 0 Å². The van der Waals surface area contributed by atoms with Gasteiger partial charge in [0.1, 0.15) is 0 Å². The Morgan fingerprint density at radius 3 is 2.67 bits per heavy atom. The predicted octanol–water partition coefficient (Wildman–Crippen LogP) is 1.61. The maximum Gasteiger partial charge on any atom is 0.335 e. The number of carbonyl (C=O) groups excluding carboxylic acids is 3. The van der Waals surface area contributed by atoms with Gasteiger partial charge in [-0.25, -0.2) is 4.79 Å². The first kappa shape index (κ1) is 21.7. The number of anilines is 1. The van der Waals surface area contributed by atoms with E-state index in [0.29, 0.717) is 25.1 Å². The quantitative estimate of drug-likeness (QED) is 0.227. The molecule has 158 valence electrons. The van der Waals surface area contributed by atoms with Crippen LogP contribution in [-0.2, 0) is 25.5 Å². The zero-order valence-corrected chi connectivity index (χ0v) is 17.4. The molecule has 2 heterocycles. The van der Waals surface area contributed by atoms with Crippen molar-refractivity contribution in [3.63, 3.8) is 0 Å².